The van der Waals surface area contributed by atoms with Gasteiger partial charge in [0.1, 0.15) is 18.0 Å². The van der Waals surface area contributed by atoms with E-state index in [1.54, 1.807) is 6.33 Å². The summed E-state index contributed by atoms with van der Waals surface area (Å²) in [7, 11) is 2.04. The zero-order valence-electron chi connectivity index (χ0n) is 9.12. The van der Waals surface area contributed by atoms with E-state index < -0.39 is 0 Å². The number of rotatable bonds is 5. The molecule has 0 spiro atoms. The molecule has 0 saturated heterocycles. The zero-order chi connectivity index (χ0) is 10.4. The number of nitrogens with one attached hydrogen (secondary N) is 1. The van der Waals surface area contributed by atoms with Crippen LogP contribution < -0.4 is 10.2 Å². The third-order valence-corrected chi connectivity index (χ3v) is 1.96. The van der Waals surface area contributed by atoms with Gasteiger partial charge in [-0.2, -0.15) is 0 Å². The molecule has 4 heteroatoms. The molecule has 1 aromatic rings. The molecule has 1 heterocycles. The molecule has 1 aromatic heterocycles. The zero-order valence-corrected chi connectivity index (χ0v) is 9.12. The van der Waals surface area contributed by atoms with Crippen molar-refractivity contribution < 1.29 is 0 Å². The van der Waals surface area contributed by atoms with Crippen LogP contribution in [0.2, 0.25) is 0 Å². The van der Waals surface area contributed by atoms with Crippen molar-refractivity contribution >= 4 is 11.6 Å². The fourth-order valence-corrected chi connectivity index (χ4v) is 1.28. The van der Waals surface area contributed by atoms with E-state index in [2.05, 4.69) is 34.0 Å². The number of nitrogens with zero attached hydrogens (tertiary/aromatic N) is 3. The first kappa shape index (κ1) is 10.8. The average molecular weight is 194 g/mol. The third kappa shape index (κ3) is 2.87. The lowest BCUT2D eigenvalue weighted by Gasteiger charge is -2.17. The highest BCUT2D eigenvalue weighted by molar-refractivity contribution is 5.47. The Balaban J connectivity index is 2.71. The lowest BCUT2D eigenvalue weighted by atomic mass is 10.4. The molecule has 0 aromatic carbocycles. The summed E-state index contributed by atoms with van der Waals surface area (Å²) in [5, 5.41) is 3.17. The van der Waals surface area contributed by atoms with Crippen molar-refractivity contribution in [3.8, 4) is 0 Å². The average Bonchev–Trinajstić information content (AvgIpc) is 2.19. The minimum Gasteiger partial charge on any atom is -0.370 e. The molecule has 0 unspecified atom stereocenters. The van der Waals surface area contributed by atoms with E-state index in [1.807, 2.05) is 13.1 Å². The van der Waals surface area contributed by atoms with Crippen LogP contribution in [0.5, 0.6) is 0 Å². The number of aromatic nitrogens is 2. The Morgan fingerprint density at radius 1 is 1.36 bits per heavy atom. The van der Waals surface area contributed by atoms with Crippen molar-refractivity contribution in [1.29, 1.82) is 0 Å². The fourth-order valence-electron chi connectivity index (χ4n) is 1.28. The summed E-state index contributed by atoms with van der Waals surface area (Å²) in [6.45, 7) is 6.11. The summed E-state index contributed by atoms with van der Waals surface area (Å²) < 4.78 is 0. The Hall–Kier alpha value is -1.32. The van der Waals surface area contributed by atoms with Gasteiger partial charge in [-0.3, -0.25) is 0 Å². The molecule has 0 atom stereocenters. The summed E-state index contributed by atoms with van der Waals surface area (Å²) in [5.74, 6) is 1.86. The van der Waals surface area contributed by atoms with Crippen LogP contribution >= 0.6 is 0 Å². The van der Waals surface area contributed by atoms with E-state index >= 15 is 0 Å². The summed E-state index contributed by atoms with van der Waals surface area (Å²) in [6.07, 6.45) is 2.72. The molecular weight excluding hydrogens is 176 g/mol. The summed E-state index contributed by atoms with van der Waals surface area (Å²) in [5.41, 5.74) is 0. The molecule has 0 aliphatic carbocycles. The molecule has 78 valence electrons. The minimum absolute atomic E-state index is 0.883. The van der Waals surface area contributed by atoms with E-state index in [0.29, 0.717) is 0 Å². The summed E-state index contributed by atoms with van der Waals surface area (Å²) in [6, 6.07) is 1.97. The lowest BCUT2D eigenvalue weighted by molar-refractivity contribution is 0.834. The van der Waals surface area contributed by atoms with Crippen LogP contribution in [0, 0.1) is 0 Å². The molecule has 0 radical (unpaired) electrons. The Morgan fingerprint density at radius 2 is 2.14 bits per heavy atom. The van der Waals surface area contributed by atoms with Crippen LogP contribution in [0.25, 0.3) is 0 Å². The molecule has 1 rings (SSSR count). The molecule has 0 bridgehead atoms. The van der Waals surface area contributed by atoms with Gasteiger partial charge < -0.3 is 10.2 Å². The van der Waals surface area contributed by atoms with Gasteiger partial charge in [0.05, 0.1) is 0 Å². The van der Waals surface area contributed by atoms with Crippen molar-refractivity contribution in [2.75, 3.05) is 30.4 Å². The Bertz CT molecular complexity index is 275. The highest BCUT2D eigenvalue weighted by atomic mass is 15.2. The van der Waals surface area contributed by atoms with Crippen molar-refractivity contribution in [2.24, 2.45) is 0 Å². The minimum atomic E-state index is 0.883. The van der Waals surface area contributed by atoms with Gasteiger partial charge in [-0.15, -0.1) is 0 Å². The SMILES string of the molecule is CCCN(C)c1cc(NCC)ncn1. The third-order valence-electron chi connectivity index (χ3n) is 1.96. The smallest absolute Gasteiger partial charge is 0.133 e. The van der Waals surface area contributed by atoms with Crippen LogP contribution in [0.4, 0.5) is 11.6 Å². The quantitative estimate of drug-likeness (QED) is 0.775. The van der Waals surface area contributed by atoms with Gasteiger partial charge in [-0.05, 0) is 13.3 Å². The van der Waals surface area contributed by atoms with E-state index in [4.69, 9.17) is 0 Å². The van der Waals surface area contributed by atoms with Crippen LogP contribution in [-0.2, 0) is 0 Å². The van der Waals surface area contributed by atoms with Gasteiger partial charge >= 0.3 is 0 Å². The number of hydrogen-bond acceptors (Lipinski definition) is 4. The van der Waals surface area contributed by atoms with Gasteiger partial charge in [0.15, 0.2) is 0 Å². The van der Waals surface area contributed by atoms with Crippen molar-refractivity contribution in [3.05, 3.63) is 12.4 Å². The molecule has 0 aliphatic rings. The largest absolute Gasteiger partial charge is 0.370 e. The van der Waals surface area contributed by atoms with Gasteiger partial charge in [0.25, 0.3) is 0 Å². The van der Waals surface area contributed by atoms with Crippen LogP contribution in [0.3, 0.4) is 0 Å². The standard InChI is InChI=1S/C10H18N4/c1-4-6-14(3)10-7-9(11-5-2)12-8-13-10/h7-8H,4-6H2,1-3H3,(H,11,12,13). The Morgan fingerprint density at radius 3 is 2.79 bits per heavy atom. The second-order valence-electron chi connectivity index (χ2n) is 3.21. The molecule has 0 saturated carbocycles. The normalized spacial score (nSPS) is 9.93. The highest BCUT2D eigenvalue weighted by Gasteiger charge is 2.02. The molecule has 0 fully saturated rings. The van der Waals surface area contributed by atoms with E-state index in [0.717, 1.165) is 31.1 Å². The predicted octanol–water partition coefficient (Wildman–Crippen LogP) is 1.75. The van der Waals surface area contributed by atoms with E-state index in [-0.39, 0.29) is 0 Å². The van der Waals surface area contributed by atoms with Crippen LogP contribution in [0.15, 0.2) is 12.4 Å². The second kappa shape index (κ2) is 5.42. The first-order valence-electron chi connectivity index (χ1n) is 5.05. The van der Waals surface area contributed by atoms with Crippen molar-refractivity contribution in [2.45, 2.75) is 20.3 Å². The van der Waals surface area contributed by atoms with Crippen molar-refractivity contribution in [1.82, 2.24) is 9.97 Å². The lowest BCUT2D eigenvalue weighted by Crippen LogP contribution is -2.19. The Labute approximate surface area is 85.4 Å². The van der Waals surface area contributed by atoms with E-state index in [9.17, 15) is 0 Å². The molecule has 0 amide bonds. The fraction of sp³-hybridized carbons (Fsp3) is 0.600. The molecule has 14 heavy (non-hydrogen) atoms. The monoisotopic (exact) mass is 194 g/mol. The van der Waals surface area contributed by atoms with Gasteiger partial charge in [0.2, 0.25) is 0 Å². The van der Waals surface area contributed by atoms with Crippen LogP contribution in [-0.4, -0.2) is 30.1 Å². The van der Waals surface area contributed by atoms with Gasteiger partial charge in [0, 0.05) is 26.2 Å². The summed E-state index contributed by atoms with van der Waals surface area (Å²) >= 11 is 0. The van der Waals surface area contributed by atoms with Crippen molar-refractivity contribution in [3.63, 3.8) is 0 Å². The topological polar surface area (TPSA) is 41.0 Å². The molecule has 0 aliphatic heterocycles. The second-order valence-corrected chi connectivity index (χ2v) is 3.21. The first-order chi connectivity index (χ1) is 6.77. The summed E-state index contributed by atoms with van der Waals surface area (Å²) in [4.78, 5) is 10.5. The maximum Gasteiger partial charge on any atom is 0.133 e. The Kier molecular flexibility index (Phi) is 4.16. The molecular formula is C10H18N4. The molecule has 4 nitrogen and oxygen atoms in total. The number of hydrogen-bond donors (Lipinski definition) is 1. The van der Waals surface area contributed by atoms with E-state index in [1.165, 1.54) is 0 Å². The maximum absolute atomic E-state index is 4.21. The van der Waals surface area contributed by atoms with Gasteiger partial charge in [-0.25, -0.2) is 9.97 Å². The van der Waals surface area contributed by atoms with Crippen LogP contribution in [0.1, 0.15) is 20.3 Å². The highest BCUT2D eigenvalue weighted by Crippen LogP contribution is 2.12. The molecule has 1 N–H and O–H groups in total. The first-order valence-corrected chi connectivity index (χ1v) is 5.05. The van der Waals surface area contributed by atoms with Gasteiger partial charge in [-0.1, -0.05) is 6.92 Å². The maximum atomic E-state index is 4.21. The predicted molar refractivity (Wildman–Crippen MR) is 59.8 cm³/mol. The number of anilines is 2.